The molecule has 6 heteroatoms. The zero-order valence-electron chi connectivity index (χ0n) is 16.9. The Morgan fingerprint density at radius 3 is 2.59 bits per heavy atom. The van der Waals surface area contributed by atoms with Crippen LogP contribution >= 0.6 is 24.0 Å². The van der Waals surface area contributed by atoms with Crippen LogP contribution in [0.1, 0.15) is 55.5 Å². The predicted octanol–water partition coefficient (Wildman–Crippen LogP) is 3.59. The normalized spacial score (nSPS) is 19.7. The molecule has 2 rings (SSSR count). The summed E-state index contributed by atoms with van der Waals surface area (Å²) in [7, 11) is 1.66. The van der Waals surface area contributed by atoms with Crippen LogP contribution < -0.4 is 16.0 Å². The van der Waals surface area contributed by atoms with Crippen LogP contribution in [0.3, 0.4) is 0 Å². The molecule has 1 aromatic rings. The molecule has 152 valence electrons. The van der Waals surface area contributed by atoms with E-state index in [0.29, 0.717) is 5.56 Å². The lowest BCUT2D eigenvalue weighted by molar-refractivity contribution is 0.0963. The van der Waals surface area contributed by atoms with E-state index in [0.717, 1.165) is 49.4 Å². The maximum Gasteiger partial charge on any atom is 0.251 e. The number of nitrogens with zero attached hydrogens (tertiary/aromatic N) is 1. The van der Waals surface area contributed by atoms with Crippen molar-refractivity contribution in [3.05, 3.63) is 35.4 Å². The molecule has 0 spiro atoms. The zero-order valence-corrected chi connectivity index (χ0v) is 19.2. The fourth-order valence-corrected chi connectivity index (χ4v) is 3.41. The second-order valence-electron chi connectivity index (χ2n) is 7.30. The summed E-state index contributed by atoms with van der Waals surface area (Å²) in [5.41, 5.74) is 1.85. The van der Waals surface area contributed by atoms with Crippen molar-refractivity contribution in [3.8, 4) is 0 Å². The third-order valence-corrected chi connectivity index (χ3v) is 5.11. The molecule has 0 heterocycles. The summed E-state index contributed by atoms with van der Waals surface area (Å²) in [6.07, 6.45) is 6.14. The molecule has 0 aliphatic heterocycles. The van der Waals surface area contributed by atoms with Crippen molar-refractivity contribution < 1.29 is 4.79 Å². The van der Waals surface area contributed by atoms with E-state index in [-0.39, 0.29) is 29.9 Å². The minimum absolute atomic E-state index is 0. The van der Waals surface area contributed by atoms with Crippen LogP contribution in [0.5, 0.6) is 0 Å². The molecule has 5 nitrogen and oxygen atoms in total. The average Bonchev–Trinajstić information content (AvgIpc) is 2.67. The van der Waals surface area contributed by atoms with Gasteiger partial charge in [0.1, 0.15) is 0 Å². The number of carbonyl (C=O) groups is 1. The first kappa shape index (κ1) is 23.7. The van der Waals surface area contributed by atoms with E-state index in [1.165, 1.54) is 25.7 Å². The van der Waals surface area contributed by atoms with E-state index in [1.807, 2.05) is 18.2 Å². The van der Waals surface area contributed by atoms with Gasteiger partial charge in [-0.3, -0.25) is 9.79 Å². The fourth-order valence-electron chi connectivity index (χ4n) is 3.41. The van der Waals surface area contributed by atoms with Gasteiger partial charge in [0.2, 0.25) is 0 Å². The number of rotatable bonds is 7. The van der Waals surface area contributed by atoms with Crippen molar-refractivity contribution in [3.63, 3.8) is 0 Å². The highest BCUT2D eigenvalue weighted by Crippen LogP contribution is 2.28. The molecule has 27 heavy (non-hydrogen) atoms. The summed E-state index contributed by atoms with van der Waals surface area (Å²) in [5, 5.41) is 9.42. The lowest BCUT2D eigenvalue weighted by Crippen LogP contribution is -2.38. The fraction of sp³-hybridized carbons (Fsp3) is 0.619. The van der Waals surface area contributed by atoms with Crippen LogP contribution in [0, 0.1) is 11.8 Å². The monoisotopic (exact) mass is 486 g/mol. The van der Waals surface area contributed by atoms with Gasteiger partial charge in [-0.05, 0) is 55.7 Å². The Morgan fingerprint density at radius 1 is 1.19 bits per heavy atom. The highest BCUT2D eigenvalue weighted by Gasteiger charge is 2.17. The lowest BCUT2D eigenvalue weighted by atomic mass is 9.83. The molecular formula is C21H35IN4O. The number of hydrogen-bond donors (Lipinski definition) is 3. The van der Waals surface area contributed by atoms with E-state index in [4.69, 9.17) is 4.99 Å². The molecule has 1 aromatic carbocycles. The van der Waals surface area contributed by atoms with Crippen molar-refractivity contribution in [2.24, 2.45) is 16.8 Å². The van der Waals surface area contributed by atoms with Gasteiger partial charge >= 0.3 is 0 Å². The Bertz CT molecular complexity index is 598. The van der Waals surface area contributed by atoms with Gasteiger partial charge < -0.3 is 16.0 Å². The van der Waals surface area contributed by atoms with Gasteiger partial charge in [0.15, 0.2) is 5.96 Å². The van der Waals surface area contributed by atoms with Crippen LogP contribution in [-0.4, -0.2) is 38.5 Å². The van der Waals surface area contributed by atoms with Gasteiger partial charge in [0.25, 0.3) is 5.91 Å². The van der Waals surface area contributed by atoms with E-state index < -0.39 is 0 Å². The molecule has 3 N–H and O–H groups in total. The van der Waals surface area contributed by atoms with Crippen LogP contribution in [-0.2, 0) is 6.42 Å². The maximum absolute atomic E-state index is 11.7. The molecule has 0 saturated heterocycles. The molecule has 0 atom stereocenters. The van der Waals surface area contributed by atoms with Gasteiger partial charge in [0, 0.05) is 32.2 Å². The van der Waals surface area contributed by atoms with Gasteiger partial charge in [0.05, 0.1) is 0 Å². The van der Waals surface area contributed by atoms with Crippen LogP contribution in [0.25, 0.3) is 0 Å². The molecule has 1 aliphatic carbocycles. The highest BCUT2D eigenvalue weighted by molar-refractivity contribution is 14.0. The molecule has 0 unspecified atom stereocenters. The summed E-state index contributed by atoms with van der Waals surface area (Å²) in [4.78, 5) is 16.5. The van der Waals surface area contributed by atoms with E-state index in [9.17, 15) is 4.79 Å². The second kappa shape index (κ2) is 13.0. The van der Waals surface area contributed by atoms with E-state index >= 15 is 0 Å². The van der Waals surface area contributed by atoms with Crippen molar-refractivity contribution >= 4 is 35.8 Å². The first-order valence-corrected chi connectivity index (χ1v) is 9.95. The Hall–Kier alpha value is -1.31. The standard InChI is InChI=1S/C21H34N4O.HI/c1-4-23-21(25-15-18-10-8-16(2)9-11-18)24-13-12-17-6-5-7-19(14-17)20(26)22-3;/h5-7,14,16,18H,4,8-13,15H2,1-3H3,(H,22,26)(H2,23,24,25);1H. The molecule has 0 aromatic heterocycles. The Morgan fingerprint density at radius 2 is 1.93 bits per heavy atom. The van der Waals surface area contributed by atoms with Gasteiger partial charge in [-0.25, -0.2) is 0 Å². The summed E-state index contributed by atoms with van der Waals surface area (Å²) in [6, 6.07) is 7.78. The number of halogens is 1. The molecule has 0 radical (unpaired) electrons. The smallest absolute Gasteiger partial charge is 0.251 e. The minimum atomic E-state index is -0.0449. The van der Waals surface area contributed by atoms with Gasteiger partial charge in [-0.2, -0.15) is 0 Å². The second-order valence-corrected chi connectivity index (χ2v) is 7.30. The topological polar surface area (TPSA) is 65.5 Å². The van der Waals surface area contributed by atoms with Gasteiger partial charge in [-0.1, -0.05) is 31.9 Å². The number of benzene rings is 1. The van der Waals surface area contributed by atoms with Gasteiger partial charge in [-0.15, -0.1) is 24.0 Å². The number of amides is 1. The average molecular weight is 486 g/mol. The molecule has 1 saturated carbocycles. The van der Waals surface area contributed by atoms with Crippen molar-refractivity contribution in [1.82, 2.24) is 16.0 Å². The summed E-state index contributed by atoms with van der Waals surface area (Å²) in [5.74, 6) is 2.46. The first-order valence-electron chi connectivity index (χ1n) is 9.95. The van der Waals surface area contributed by atoms with Crippen LogP contribution in [0.15, 0.2) is 29.3 Å². The number of carbonyl (C=O) groups excluding carboxylic acids is 1. The number of nitrogens with one attached hydrogen (secondary N) is 3. The SMILES string of the molecule is CCNC(=NCC1CCC(C)CC1)NCCc1cccc(C(=O)NC)c1.I. The van der Waals surface area contributed by atoms with Crippen LogP contribution in [0.2, 0.25) is 0 Å². The van der Waals surface area contributed by atoms with E-state index in [1.54, 1.807) is 7.05 Å². The highest BCUT2D eigenvalue weighted by atomic mass is 127. The maximum atomic E-state index is 11.7. The largest absolute Gasteiger partial charge is 0.357 e. The Kier molecular flexibility index (Phi) is 11.4. The third-order valence-electron chi connectivity index (χ3n) is 5.11. The third kappa shape index (κ3) is 8.49. The zero-order chi connectivity index (χ0) is 18.8. The number of aliphatic imine (C=N–C) groups is 1. The van der Waals surface area contributed by atoms with Crippen molar-refractivity contribution in [2.45, 2.75) is 46.0 Å². The summed E-state index contributed by atoms with van der Waals surface area (Å²) < 4.78 is 0. The molecule has 1 amide bonds. The number of hydrogen-bond acceptors (Lipinski definition) is 2. The molecule has 0 bridgehead atoms. The quantitative estimate of drug-likeness (QED) is 0.314. The van der Waals surface area contributed by atoms with Crippen LogP contribution in [0.4, 0.5) is 0 Å². The molecule has 1 fully saturated rings. The lowest BCUT2D eigenvalue weighted by Gasteiger charge is -2.25. The Balaban J connectivity index is 0.00000364. The molecular weight excluding hydrogens is 451 g/mol. The first-order chi connectivity index (χ1) is 12.6. The Labute approximate surface area is 181 Å². The van der Waals surface area contributed by atoms with E-state index in [2.05, 4.69) is 35.9 Å². The summed E-state index contributed by atoms with van der Waals surface area (Å²) >= 11 is 0. The minimum Gasteiger partial charge on any atom is -0.357 e. The van der Waals surface area contributed by atoms with Crippen molar-refractivity contribution in [1.29, 1.82) is 0 Å². The van der Waals surface area contributed by atoms with Crippen molar-refractivity contribution in [2.75, 3.05) is 26.7 Å². The predicted molar refractivity (Wildman–Crippen MR) is 124 cm³/mol. The number of guanidine groups is 1. The summed E-state index contributed by atoms with van der Waals surface area (Å²) in [6.45, 7) is 7.01. The molecule has 1 aliphatic rings.